The Bertz CT molecular complexity index is 719. The number of rotatable bonds is 3. The molecule has 2 rings (SSSR count). The number of benzene rings is 2. The van der Waals surface area contributed by atoms with Gasteiger partial charge in [0.15, 0.2) is 0 Å². The molecule has 7 heteroatoms. The quantitative estimate of drug-likeness (QED) is 0.840. The zero-order valence-electron chi connectivity index (χ0n) is 9.60. The normalized spacial score (nSPS) is 11.3. The van der Waals surface area contributed by atoms with Gasteiger partial charge in [0.05, 0.1) is 5.69 Å². The standard InChI is InChI=1S/C12H10BrFN2O2S/c13-9-3-1-2-4-12(9)19(17,18)16-11-7-8(15)5-6-10(11)14/h1-7,16H,15H2. The lowest BCUT2D eigenvalue weighted by atomic mass is 10.3. The number of nitrogens with one attached hydrogen (secondary N) is 1. The van der Waals surface area contributed by atoms with Crippen LogP contribution in [-0.4, -0.2) is 8.42 Å². The van der Waals surface area contributed by atoms with Crippen molar-refractivity contribution in [3.05, 3.63) is 52.8 Å². The zero-order chi connectivity index (χ0) is 14.0. The first-order chi connectivity index (χ1) is 8.90. The second kappa shape index (κ2) is 5.18. The van der Waals surface area contributed by atoms with Gasteiger partial charge < -0.3 is 5.73 Å². The van der Waals surface area contributed by atoms with Gasteiger partial charge >= 0.3 is 0 Å². The fourth-order valence-electron chi connectivity index (χ4n) is 1.48. The molecule has 3 N–H and O–H groups in total. The van der Waals surface area contributed by atoms with Crippen LogP contribution in [-0.2, 0) is 10.0 Å². The van der Waals surface area contributed by atoms with Crippen molar-refractivity contribution in [3.8, 4) is 0 Å². The minimum absolute atomic E-state index is 0.0248. The molecule has 0 aliphatic carbocycles. The maximum absolute atomic E-state index is 13.5. The Kier molecular flexibility index (Phi) is 3.77. The van der Waals surface area contributed by atoms with Crippen molar-refractivity contribution in [1.29, 1.82) is 0 Å². The van der Waals surface area contributed by atoms with Crippen molar-refractivity contribution < 1.29 is 12.8 Å². The van der Waals surface area contributed by atoms with E-state index < -0.39 is 15.8 Å². The molecule has 0 aliphatic heterocycles. The highest BCUT2D eigenvalue weighted by molar-refractivity contribution is 9.10. The highest BCUT2D eigenvalue weighted by Crippen LogP contribution is 2.25. The van der Waals surface area contributed by atoms with E-state index in [0.29, 0.717) is 4.47 Å². The van der Waals surface area contributed by atoms with Crippen LogP contribution in [0.1, 0.15) is 0 Å². The number of hydrogen-bond acceptors (Lipinski definition) is 3. The number of nitrogens with two attached hydrogens (primary N) is 1. The first-order valence-corrected chi connectivity index (χ1v) is 7.50. The highest BCUT2D eigenvalue weighted by atomic mass is 79.9. The molecule has 4 nitrogen and oxygen atoms in total. The molecule has 0 spiro atoms. The Hall–Kier alpha value is -1.60. The molecule has 0 fully saturated rings. The Balaban J connectivity index is 2.43. The highest BCUT2D eigenvalue weighted by Gasteiger charge is 2.18. The van der Waals surface area contributed by atoms with Crippen LogP contribution >= 0.6 is 15.9 Å². The second-order valence-corrected chi connectivity index (χ2v) is 6.28. The number of halogens is 2. The van der Waals surface area contributed by atoms with Crippen LogP contribution in [0, 0.1) is 5.82 Å². The van der Waals surface area contributed by atoms with Gasteiger partial charge in [-0.3, -0.25) is 4.72 Å². The smallest absolute Gasteiger partial charge is 0.263 e. The molecule has 0 amide bonds. The number of hydrogen-bond donors (Lipinski definition) is 2. The molecular weight excluding hydrogens is 335 g/mol. The predicted molar refractivity (Wildman–Crippen MR) is 75.8 cm³/mol. The van der Waals surface area contributed by atoms with Gasteiger partial charge in [-0.2, -0.15) is 0 Å². The first-order valence-electron chi connectivity index (χ1n) is 5.22. The van der Waals surface area contributed by atoms with Crippen LogP contribution in [0.3, 0.4) is 0 Å². The third-order valence-electron chi connectivity index (χ3n) is 2.36. The van der Waals surface area contributed by atoms with Crippen LogP contribution in [0.2, 0.25) is 0 Å². The average Bonchev–Trinajstić information content (AvgIpc) is 2.34. The SMILES string of the molecule is Nc1ccc(F)c(NS(=O)(=O)c2ccccc2Br)c1. The molecule has 0 saturated heterocycles. The molecule has 2 aromatic carbocycles. The molecule has 100 valence electrons. The second-order valence-electron chi connectivity index (χ2n) is 3.78. The predicted octanol–water partition coefficient (Wildman–Crippen LogP) is 2.97. The molecule has 2 aromatic rings. The van der Waals surface area contributed by atoms with Crippen molar-refractivity contribution in [2.45, 2.75) is 4.90 Å². The lowest BCUT2D eigenvalue weighted by Gasteiger charge is -2.10. The Labute approximate surface area is 118 Å². The minimum atomic E-state index is -3.88. The van der Waals surface area contributed by atoms with Crippen molar-refractivity contribution in [3.63, 3.8) is 0 Å². The zero-order valence-corrected chi connectivity index (χ0v) is 12.0. The van der Waals surface area contributed by atoms with Gasteiger partial charge in [-0.15, -0.1) is 0 Å². The monoisotopic (exact) mass is 344 g/mol. The maximum Gasteiger partial charge on any atom is 0.263 e. The third-order valence-corrected chi connectivity index (χ3v) is 4.74. The summed E-state index contributed by atoms with van der Waals surface area (Å²) >= 11 is 3.14. The molecule has 0 unspecified atom stereocenters. The molecule has 0 bridgehead atoms. The van der Waals surface area contributed by atoms with Crippen molar-refractivity contribution in [1.82, 2.24) is 0 Å². The summed E-state index contributed by atoms with van der Waals surface area (Å²) in [6.07, 6.45) is 0. The van der Waals surface area contributed by atoms with Gasteiger partial charge in [-0.05, 0) is 46.3 Å². The Morgan fingerprint density at radius 2 is 1.84 bits per heavy atom. The van der Waals surface area contributed by atoms with E-state index in [1.807, 2.05) is 0 Å². The Morgan fingerprint density at radius 1 is 1.16 bits per heavy atom. The van der Waals surface area contributed by atoms with Gasteiger partial charge in [0, 0.05) is 10.2 Å². The molecule has 19 heavy (non-hydrogen) atoms. The van der Waals surface area contributed by atoms with Crippen LogP contribution in [0.4, 0.5) is 15.8 Å². The molecule has 0 aliphatic rings. The topological polar surface area (TPSA) is 72.2 Å². The van der Waals surface area contributed by atoms with E-state index in [1.54, 1.807) is 18.2 Å². The molecule has 0 aromatic heterocycles. The van der Waals surface area contributed by atoms with Crippen molar-refractivity contribution in [2.75, 3.05) is 10.5 Å². The summed E-state index contributed by atoms with van der Waals surface area (Å²) in [5, 5.41) is 0. The maximum atomic E-state index is 13.5. The van der Waals surface area contributed by atoms with E-state index in [1.165, 1.54) is 18.2 Å². The summed E-state index contributed by atoms with van der Waals surface area (Å²) in [7, 11) is -3.88. The van der Waals surface area contributed by atoms with E-state index in [-0.39, 0.29) is 16.3 Å². The summed E-state index contributed by atoms with van der Waals surface area (Å²) in [6.45, 7) is 0. The van der Waals surface area contributed by atoms with Crippen LogP contribution < -0.4 is 10.5 Å². The number of anilines is 2. The minimum Gasteiger partial charge on any atom is -0.399 e. The van der Waals surface area contributed by atoms with E-state index >= 15 is 0 Å². The van der Waals surface area contributed by atoms with E-state index in [0.717, 1.165) is 6.07 Å². The number of nitrogen functional groups attached to an aromatic ring is 1. The van der Waals surface area contributed by atoms with Gasteiger partial charge in [-0.25, -0.2) is 12.8 Å². The lowest BCUT2D eigenvalue weighted by molar-refractivity contribution is 0.598. The van der Waals surface area contributed by atoms with Crippen LogP contribution in [0.25, 0.3) is 0 Å². The first kappa shape index (κ1) is 13.8. The summed E-state index contributed by atoms with van der Waals surface area (Å²) in [6, 6.07) is 9.95. The van der Waals surface area contributed by atoms with Crippen LogP contribution in [0.15, 0.2) is 51.8 Å². The Morgan fingerprint density at radius 3 is 2.53 bits per heavy atom. The van der Waals surface area contributed by atoms with Crippen molar-refractivity contribution >= 4 is 37.3 Å². The summed E-state index contributed by atoms with van der Waals surface area (Å²) < 4.78 is 40.4. The van der Waals surface area contributed by atoms with Gasteiger partial charge in [0.25, 0.3) is 10.0 Å². The van der Waals surface area contributed by atoms with Gasteiger partial charge in [-0.1, -0.05) is 12.1 Å². The summed E-state index contributed by atoms with van der Waals surface area (Å²) in [5.41, 5.74) is 5.59. The van der Waals surface area contributed by atoms with E-state index in [2.05, 4.69) is 20.7 Å². The molecular formula is C12H10BrFN2O2S. The van der Waals surface area contributed by atoms with Crippen molar-refractivity contribution in [2.24, 2.45) is 0 Å². The average molecular weight is 345 g/mol. The van der Waals surface area contributed by atoms with Crippen LogP contribution in [0.5, 0.6) is 0 Å². The van der Waals surface area contributed by atoms with Gasteiger partial charge in [0.2, 0.25) is 0 Å². The summed E-state index contributed by atoms with van der Waals surface area (Å²) in [4.78, 5) is 0.0248. The molecule has 0 saturated carbocycles. The van der Waals surface area contributed by atoms with E-state index in [4.69, 9.17) is 5.73 Å². The summed E-state index contributed by atoms with van der Waals surface area (Å²) in [5.74, 6) is -0.690. The molecule has 0 heterocycles. The molecule has 0 atom stereocenters. The fourth-order valence-corrected chi connectivity index (χ4v) is 3.55. The number of sulfonamides is 1. The lowest BCUT2D eigenvalue weighted by Crippen LogP contribution is -2.14. The van der Waals surface area contributed by atoms with Gasteiger partial charge in [0.1, 0.15) is 10.7 Å². The fraction of sp³-hybridized carbons (Fsp3) is 0. The molecule has 0 radical (unpaired) electrons. The third kappa shape index (κ3) is 3.05. The van der Waals surface area contributed by atoms with E-state index in [9.17, 15) is 12.8 Å². The largest absolute Gasteiger partial charge is 0.399 e.